The first-order chi connectivity index (χ1) is 8.31. The number of thioether (sulfide) groups is 1. The number of rotatable bonds is 9. The van der Waals surface area contributed by atoms with Crippen molar-refractivity contribution < 1.29 is 0 Å². The van der Waals surface area contributed by atoms with Crippen LogP contribution in [-0.2, 0) is 13.0 Å². The van der Waals surface area contributed by atoms with Crippen molar-refractivity contribution in [2.45, 2.75) is 46.2 Å². The number of hydrogen-bond donors (Lipinski definition) is 1. The second-order valence-corrected chi connectivity index (χ2v) is 5.34. The van der Waals surface area contributed by atoms with Gasteiger partial charge in [0.15, 0.2) is 0 Å². The van der Waals surface area contributed by atoms with Gasteiger partial charge >= 0.3 is 0 Å². The van der Waals surface area contributed by atoms with E-state index in [0.29, 0.717) is 6.04 Å². The summed E-state index contributed by atoms with van der Waals surface area (Å²) in [5, 5.41) is 7.79. The molecule has 0 aliphatic rings. The first kappa shape index (κ1) is 14.5. The molecule has 17 heavy (non-hydrogen) atoms. The van der Waals surface area contributed by atoms with Gasteiger partial charge in [-0.2, -0.15) is 16.9 Å². The summed E-state index contributed by atoms with van der Waals surface area (Å²) in [7, 11) is 0. The van der Waals surface area contributed by atoms with Crippen LogP contribution < -0.4 is 5.32 Å². The first-order valence-electron chi connectivity index (χ1n) is 6.49. The first-order valence-corrected chi connectivity index (χ1v) is 7.65. The monoisotopic (exact) mass is 256 g/mol. The highest BCUT2D eigenvalue weighted by molar-refractivity contribution is 7.99. The Hall–Kier alpha value is -0.550. The summed E-state index contributed by atoms with van der Waals surface area (Å²) in [6.45, 7) is 8.50. The lowest BCUT2D eigenvalue weighted by atomic mass is 10.2. The molecule has 98 valence electrons. The molecule has 0 spiro atoms. The summed E-state index contributed by atoms with van der Waals surface area (Å²) in [4.78, 5) is 4.37. The standard InChI is InChI=1S/C12H24N4S/c1-4-7-16-12(14-10-15-16)8-11(13-5-2)9-17-6-3/h10-11,13H,4-9H2,1-3H3. The highest BCUT2D eigenvalue weighted by Gasteiger charge is 2.12. The Kier molecular flexibility index (Phi) is 7.28. The molecule has 1 rings (SSSR count). The van der Waals surface area contributed by atoms with Gasteiger partial charge in [-0.05, 0) is 18.7 Å². The lowest BCUT2D eigenvalue weighted by Gasteiger charge is -2.17. The molecule has 1 atom stereocenters. The molecule has 0 aliphatic heterocycles. The van der Waals surface area contributed by atoms with E-state index in [9.17, 15) is 0 Å². The van der Waals surface area contributed by atoms with Crippen molar-refractivity contribution in [2.24, 2.45) is 0 Å². The zero-order valence-corrected chi connectivity index (χ0v) is 12.0. The van der Waals surface area contributed by atoms with Gasteiger partial charge in [-0.15, -0.1) is 0 Å². The second-order valence-electron chi connectivity index (χ2n) is 4.02. The molecule has 1 heterocycles. The predicted octanol–water partition coefficient (Wildman–Crippen LogP) is 1.96. The van der Waals surface area contributed by atoms with Crippen LogP contribution in [0.25, 0.3) is 0 Å². The molecule has 0 fully saturated rings. The summed E-state index contributed by atoms with van der Waals surface area (Å²) in [5.74, 6) is 3.42. The fraction of sp³-hybridized carbons (Fsp3) is 0.833. The zero-order valence-electron chi connectivity index (χ0n) is 11.1. The largest absolute Gasteiger partial charge is 0.313 e. The summed E-state index contributed by atoms with van der Waals surface area (Å²) < 4.78 is 2.03. The summed E-state index contributed by atoms with van der Waals surface area (Å²) in [6.07, 6.45) is 3.74. The molecule has 1 unspecified atom stereocenters. The van der Waals surface area contributed by atoms with Crippen LogP contribution in [0.5, 0.6) is 0 Å². The van der Waals surface area contributed by atoms with Gasteiger partial charge in [0.05, 0.1) is 0 Å². The van der Waals surface area contributed by atoms with Gasteiger partial charge in [-0.25, -0.2) is 4.98 Å². The van der Waals surface area contributed by atoms with Gasteiger partial charge in [0.1, 0.15) is 12.2 Å². The van der Waals surface area contributed by atoms with Gasteiger partial charge < -0.3 is 5.32 Å². The van der Waals surface area contributed by atoms with Crippen molar-refractivity contribution in [3.8, 4) is 0 Å². The average Bonchev–Trinajstić information content (AvgIpc) is 2.74. The highest BCUT2D eigenvalue weighted by Crippen LogP contribution is 2.07. The molecule has 0 amide bonds. The van der Waals surface area contributed by atoms with E-state index in [1.54, 1.807) is 6.33 Å². The van der Waals surface area contributed by atoms with Crippen LogP contribution in [-0.4, -0.2) is 38.9 Å². The molecular formula is C12H24N4S. The van der Waals surface area contributed by atoms with Crippen molar-refractivity contribution in [3.05, 3.63) is 12.2 Å². The van der Waals surface area contributed by atoms with Gasteiger partial charge in [0.2, 0.25) is 0 Å². The maximum absolute atomic E-state index is 4.37. The van der Waals surface area contributed by atoms with Crippen molar-refractivity contribution in [1.29, 1.82) is 0 Å². The number of aromatic nitrogens is 3. The molecule has 0 radical (unpaired) electrons. The van der Waals surface area contributed by atoms with Crippen molar-refractivity contribution in [2.75, 3.05) is 18.1 Å². The van der Waals surface area contributed by atoms with Gasteiger partial charge in [0, 0.05) is 24.8 Å². The zero-order chi connectivity index (χ0) is 12.5. The van der Waals surface area contributed by atoms with Crippen LogP contribution >= 0.6 is 11.8 Å². The molecule has 0 aromatic carbocycles. The van der Waals surface area contributed by atoms with Crippen LogP contribution in [0.3, 0.4) is 0 Å². The summed E-state index contributed by atoms with van der Waals surface area (Å²) in [5.41, 5.74) is 0. The summed E-state index contributed by atoms with van der Waals surface area (Å²) in [6, 6.07) is 0.504. The Morgan fingerprint density at radius 3 is 2.88 bits per heavy atom. The average molecular weight is 256 g/mol. The number of nitrogens with zero attached hydrogens (tertiary/aromatic N) is 3. The molecule has 4 nitrogen and oxygen atoms in total. The van der Waals surface area contributed by atoms with E-state index >= 15 is 0 Å². The number of hydrogen-bond acceptors (Lipinski definition) is 4. The molecule has 0 bridgehead atoms. The molecule has 1 aromatic heterocycles. The minimum Gasteiger partial charge on any atom is -0.313 e. The Balaban J connectivity index is 2.54. The molecule has 0 saturated heterocycles. The lowest BCUT2D eigenvalue weighted by molar-refractivity contribution is 0.513. The Morgan fingerprint density at radius 1 is 1.41 bits per heavy atom. The number of aryl methyl sites for hydroxylation is 1. The maximum atomic E-state index is 4.37. The van der Waals surface area contributed by atoms with Crippen LogP contribution in [0, 0.1) is 0 Å². The lowest BCUT2D eigenvalue weighted by Crippen LogP contribution is -2.34. The van der Waals surface area contributed by atoms with Gasteiger partial charge in [-0.1, -0.05) is 20.8 Å². The number of nitrogens with one attached hydrogen (secondary N) is 1. The van der Waals surface area contributed by atoms with E-state index in [2.05, 4.69) is 36.2 Å². The van der Waals surface area contributed by atoms with Crippen molar-refractivity contribution in [1.82, 2.24) is 20.1 Å². The molecule has 1 N–H and O–H groups in total. The predicted molar refractivity (Wildman–Crippen MR) is 74.5 cm³/mol. The molecule has 5 heteroatoms. The normalized spacial score (nSPS) is 12.9. The fourth-order valence-corrected chi connectivity index (χ4v) is 2.56. The maximum Gasteiger partial charge on any atom is 0.138 e. The minimum absolute atomic E-state index is 0.504. The quantitative estimate of drug-likeness (QED) is 0.733. The Bertz CT molecular complexity index is 300. The Labute approximate surface area is 109 Å². The van der Waals surface area contributed by atoms with E-state index in [0.717, 1.165) is 37.5 Å². The third kappa shape index (κ3) is 5.08. The third-order valence-corrected chi connectivity index (χ3v) is 3.62. The van der Waals surface area contributed by atoms with Crippen LogP contribution in [0.4, 0.5) is 0 Å². The topological polar surface area (TPSA) is 42.7 Å². The van der Waals surface area contributed by atoms with Crippen LogP contribution in [0.15, 0.2) is 6.33 Å². The summed E-state index contributed by atoms with van der Waals surface area (Å²) >= 11 is 1.98. The minimum atomic E-state index is 0.504. The Morgan fingerprint density at radius 2 is 2.24 bits per heavy atom. The molecular weight excluding hydrogens is 232 g/mol. The van der Waals surface area contributed by atoms with Gasteiger partial charge in [-0.3, -0.25) is 4.68 Å². The van der Waals surface area contributed by atoms with E-state index < -0.39 is 0 Å². The molecule has 0 aliphatic carbocycles. The van der Waals surface area contributed by atoms with E-state index in [-0.39, 0.29) is 0 Å². The molecule has 0 saturated carbocycles. The third-order valence-electron chi connectivity index (χ3n) is 2.58. The second kappa shape index (κ2) is 8.53. The van der Waals surface area contributed by atoms with E-state index in [4.69, 9.17) is 0 Å². The highest BCUT2D eigenvalue weighted by atomic mass is 32.2. The van der Waals surface area contributed by atoms with Crippen molar-refractivity contribution >= 4 is 11.8 Å². The van der Waals surface area contributed by atoms with Crippen LogP contribution in [0.2, 0.25) is 0 Å². The smallest absolute Gasteiger partial charge is 0.138 e. The fourth-order valence-electron chi connectivity index (χ4n) is 1.80. The SMILES string of the molecule is CCCn1ncnc1CC(CSCC)NCC. The van der Waals surface area contributed by atoms with Crippen LogP contribution in [0.1, 0.15) is 33.0 Å². The van der Waals surface area contributed by atoms with E-state index in [1.807, 2.05) is 16.4 Å². The van der Waals surface area contributed by atoms with Gasteiger partial charge in [0.25, 0.3) is 0 Å². The van der Waals surface area contributed by atoms with E-state index in [1.165, 1.54) is 5.75 Å². The van der Waals surface area contributed by atoms with Crippen molar-refractivity contribution in [3.63, 3.8) is 0 Å². The number of likely N-dealkylation sites (N-methyl/N-ethyl adjacent to an activating group) is 1. The molecule has 1 aromatic rings.